The number of Topliss-reactive ketones (excluding diaryl/α,β-unsaturated/α-hetero) is 1. The van der Waals surface area contributed by atoms with Crippen LogP contribution in [-0.2, 0) is 4.79 Å². The molecular formula is C8H13F3O. The second-order valence-electron chi connectivity index (χ2n) is 3.45. The number of hydrogen-bond donors (Lipinski definition) is 0. The van der Waals surface area contributed by atoms with Gasteiger partial charge in [-0.1, -0.05) is 20.8 Å². The van der Waals surface area contributed by atoms with Gasteiger partial charge >= 0.3 is 6.18 Å². The van der Waals surface area contributed by atoms with Crippen LogP contribution >= 0.6 is 0 Å². The summed E-state index contributed by atoms with van der Waals surface area (Å²) in [6, 6.07) is 0. The number of hydrogen-bond acceptors (Lipinski definition) is 1. The first-order valence-electron chi connectivity index (χ1n) is 3.79. The summed E-state index contributed by atoms with van der Waals surface area (Å²) in [4.78, 5) is 11.0. The lowest BCUT2D eigenvalue weighted by atomic mass is 9.84. The van der Waals surface area contributed by atoms with Crippen LogP contribution in [-0.4, -0.2) is 12.0 Å². The summed E-state index contributed by atoms with van der Waals surface area (Å²) in [5.74, 6) is -0.738. The Bertz CT molecular complexity index is 170. The van der Waals surface area contributed by atoms with Gasteiger partial charge in [0, 0.05) is 5.41 Å². The number of rotatable bonds is 3. The molecule has 0 amide bonds. The highest BCUT2D eigenvalue weighted by molar-refractivity contribution is 5.84. The maximum Gasteiger partial charge on any atom is 0.395 e. The standard InChI is InChI=1S/C8H13F3O/c1-4-7(2,3)6(12)5-8(9,10)11/h4-5H2,1-3H3. The molecule has 0 heterocycles. The zero-order chi connectivity index (χ0) is 9.99. The second kappa shape index (κ2) is 3.46. The van der Waals surface area contributed by atoms with Crippen molar-refractivity contribution in [1.29, 1.82) is 0 Å². The number of carbonyl (C=O) groups excluding carboxylic acids is 1. The minimum Gasteiger partial charge on any atom is -0.299 e. The molecule has 0 aromatic rings. The van der Waals surface area contributed by atoms with Gasteiger partial charge in [0.25, 0.3) is 0 Å². The van der Waals surface area contributed by atoms with Crippen molar-refractivity contribution in [3.8, 4) is 0 Å². The van der Waals surface area contributed by atoms with E-state index in [4.69, 9.17) is 0 Å². The first kappa shape index (κ1) is 11.5. The van der Waals surface area contributed by atoms with E-state index >= 15 is 0 Å². The van der Waals surface area contributed by atoms with Crippen molar-refractivity contribution in [1.82, 2.24) is 0 Å². The van der Waals surface area contributed by atoms with Gasteiger partial charge in [-0.15, -0.1) is 0 Å². The van der Waals surface area contributed by atoms with Crippen molar-refractivity contribution < 1.29 is 18.0 Å². The Morgan fingerprint density at radius 1 is 1.25 bits per heavy atom. The summed E-state index contributed by atoms with van der Waals surface area (Å²) >= 11 is 0. The van der Waals surface area contributed by atoms with E-state index in [1.807, 2.05) is 0 Å². The predicted octanol–water partition coefficient (Wildman–Crippen LogP) is 2.94. The molecular weight excluding hydrogens is 169 g/mol. The average molecular weight is 182 g/mol. The number of ketones is 1. The lowest BCUT2D eigenvalue weighted by Crippen LogP contribution is -2.28. The topological polar surface area (TPSA) is 17.1 Å². The van der Waals surface area contributed by atoms with Crippen LogP contribution in [0.15, 0.2) is 0 Å². The first-order chi connectivity index (χ1) is 5.19. The Morgan fingerprint density at radius 2 is 1.67 bits per heavy atom. The molecule has 0 aliphatic heterocycles. The van der Waals surface area contributed by atoms with Gasteiger partial charge in [0.2, 0.25) is 0 Å². The molecule has 0 atom stereocenters. The van der Waals surface area contributed by atoms with Crippen molar-refractivity contribution in [2.24, 2.45) is 5.41 Å². The zero-order valence-electron chi connectivity index (χ0n) is 7.46. The molecule has 0 rings (SSSR count). The molecule has 0 fully saturated rings. The molecule has 0 unspecified atom stereocenters. The van der Waals surface area contributed by atoms with Crippen molar-refractivity contribution in [3.63, 3.8) is 0 Å². The molecule has 12 heavy (non-hydrogen) atoms. The molecule has 0 saturated carbocycles. The summed E-state index contributed by atoms with van der Waals surface area (Å²) in [5.41, 5.74) is -0.852. The molecule has 1 nitrogen and oxygen atoms in total. The number of alkyl halides is 3. The van der Waals surface area contributed by atoms with E-state index in [9.17, 15) is 18.0 Å². The van der Waals surface area contributed by atoms with E-state index in [1.165, 1.54) is 13.8 Å². The van der Waals surface area contributed by atoms with Crippen molar-refractivity contribution in [2.45, 2.75) is 39.8 Å². The molecule has 0 aromatic heterocycles. The van der Waals surface area contributed by atoms with Crippen LogP contribution in [0.2, 0.25) is 0 Å². The Hall–Kier alpha value is -0.540. The smallest absolute Gasteiger partial charge is 0.299 e. The fourth-order valence-corrected chi connectivity index (χ4v) is 0.619. The third-order valence-corrected chi connectivity index (χ3v) is 2.00. The fourth-order valence-electron chi connectivity index (χ4n) is 0.619. The second-order valence-corrected chi connectivity index (χ2v) is 3.45. The van der Waals surface area contributed by atoms with E-state index in [2.05, 4.69) is 0 Å². The van der Waals surface area contributed by atoms with Crippen LogP contribution < -0.4 is 0 Å². The SMILES string of the molecule is CCC(C)(C)C(=O)CC(F)(F)F. The van der Waals surface area contributed by atoms with E-state index in [0.29, 0.717) is 6.42 Å². The molecule has 0 aliphatic carbocycles. The summed E-state index contributed by atoms with van der Waals surface area (Å²) in [7, 11) is 0. The van der Waals surface area contributed by atoms with Gasteiger partial charge in [-0.2, -0.15) is 13.2 Å². The monoisotopic (exact) mass is 182 g/mol. The molecule has 0 N–H and O–H groups in total. The normalized spacial score (nSPS) is 13.2. The Morgan fingerprint density at radius 3 is 1.92 bits per heavy atom. The van der Waals surface area contributed by atoms with Crippen LogP contribution in [0.25, 0.3) is 0 Å². The summed E-state index contributed by atoms with van der Waals surface area (Å²) in [5, 5.41) is 0. The van der Waals surface area contributed by atoms with Crippen LogP contribution in [0.5, 0.6) is 0 Å². The first-order valence-corrected chi connectivity index (χ1v) is 3.79. The third-order valence-electron chi connectivity index (χ3n) is 2.00. The van der Waals surface area contributed by atoms with Crippen LogP contribution in [0, 0.1) is 5.41 Å². The Kier molecular flexibility index (Phi) is 3.30. The van der Waals surface area contributed by atoms with Gasteiger partial charge in [0.15, 0.2) is 0 Å². The molecule has 0 spiro atoms. The molecule has 4 heteroatoms. The predicted molar refractivity (Wildman–Crippen MR) is 39.8 cm³/mol. The Labute approximate surface area is 70.0 Å². The van der Waals surface area contributed by atoms with Gasteiger partial charge in [0.05, 0.1) is 0 Å². The van der Waals surface area contributed by atoms with Crippen LogP contribution in [0.3, 0.4) is 0 Å². The van der Waals surface area contributed by atoms with E-state index < -0.39 is 23.8 Å². The molecule has 0 aliphatic rings. The highest BCUT2D eigenvalue weighted by atomic mass is 19.4. The summed E-state index contributed by atoms with van der Waals surface area (Å²) in [6.45, 7) is 4.76. The van der Waals surface area contributed by atoms with E-state index in [0.717, 1.165) is 0 Å². The zero-order valence-corrected chi connectivity index (χ0v) is 7.46. The lowest BCUT2D eigenvalue weighted by molar-refractivity contribution is -0.158. The molecule has 0 saturated heterocycles. The number of halogens is 3. The Balaban J connectivity index is 4.23. The molecule has 0 bridgehead atoms. The van der Waals surface area contributed by atoms with Crippen molar-refractivity contribution >= 4 is 5.78 Å². The maximum atomic E-state index is 11.8. The third kappa shape index (κ3) is 3.74. The van der Waals surface area contributed by atoms with Crippen molar-refractivity contribution in [3.05, 3.63) is 0 Å². The molecule has 0 radical (unpaired) electrons. The van der Waals surface area contributed by atoms with E-state index in [1.54, 1.807) is 6.92 Å². The maximum absolute atomic E-state index is 11.8. The fraction of sp³-hybridized carbons (Fsp3) is 0.875. The highest BCUT2D eigenvalue weighted by Crippen LogP contribution is 2.29. The van der Waals surface area contributed by atoms with Gasteiger partial charge < -0.3 is 0 Å². The minimum absolute atomic E-state index is 0.432. The number of carbonyl (C=O) groups is 1. The van der Waals surface area contributed by atoms with Gasteiger partial charge in [-0.25, -0.2) is 0 Å². The highest BCUT2D eigenvalue weighted by Gasteiger charge is 2.37. The summed E-state index contributed by atoms with van der Waals surface area (Å²) in [6.07, 6.45) is -5.25. The summed E-state index contributed by atoms with van der Waals surface area (Å²) < 4.78 is 35.3. The lowest BCUT2D eigenvalue weighted by Gasteiger charge is -2.21. The van der Waals surface area contributed by atoms with E-state index in [-0.39, 0.29) is 0 Å². The van der Waals surface area contributed by atoms with Crippen LogP contribution in [0.4, 0.5) is 13.2 Å². The minimum atomic E-state index is -4.37. The average Bonchev–Trinajstić information content (AvgIpc) is 1.84. The quantitative estimate of drug-likeness (QED) is 0.655. The largest absolute Gasteiger partial charge is 0.395 e. The molecule has 72 valence electrons. The van der Waals surface area contributed by atoms with Gasteiger partial charge in [0.1, 0.15) is 12.2 Å². The van der Waals surface area contributed by atoms with Gasteiger partial charge in [-0.3, -0.25) is 4.79 Å². The van der Waals surface area contributed by atoms with Crippen molar-refractivity contribution in [2.75, 3.05) is 0 Å². The van der Waals surface area contributed by atoms with Crippen LogP contribution in [0.1, 0.15) is 33.6 Å². The van der Waals surface area contributed by atoms with Gasteiger partial charge in [-0.05, 0) is 6.42 Å². The molecule has 0 aromatic carbocycles.